The Hall–Kier alpha value is -3.28. The molecule has 0 unspecified atom stereocenters. The minimum Gasteiger partial charge on any atom is -0.507 e. The Kier molecular flexibility index (Phi) is 4.89. The molecule has 0 radical (unpaired) electrons. The molecule has 24 heavy (non-hydrogen) atoms. The summed E-state index contributed by atoms with van der Waals surface area (Å²) in [5, 5.41) is 27.1. The van der Waals surface area contributed by atoms with Gasteiger partial charge in [0.05, 0.1) is 7.11 Å². The van der Waals surface area contributed by atoms with E-state index in [1.54, 1.807) is 36.4 Å². The molecule has 0 heterocycles. The van der Waals surface area contributed by atoms with Crippen molar-refractivity contribution in [3.05, 3.63) is 64.7 Å². The molecule has 0 bridgehead atoms. The summed E-state index contributed by atoms with van der Waals surface area (Å²) in [6.45, 7) is 1.47. The molecule has 0 aliphatic carbocycles. The summed E-state index contributed by atoms with van der Waals surface area (Å²) < 4.78 is 5.06. The normalized spacial score (nSPS) is 11.6. The smallest absolute Gasteiger partial charge is 0.331 e. The third-order valence-electron chi connectivity index (χ3n) is 3.65. The summed E-state index contributed by atoms with van der Waals surface area (Å²) in [4.78, 5) is 11.5. The molecular weight excluding hydrogens is 308 g/mol. The van der Waals surface area contributed by atoms with Crippen LogP contribution in [-0.2, 0) is 4.79 Å². The molecule has 124 valence electrons. The molecule has 0 fully saturated rings. The number of ether oxygens (including phenoxy) is 1. The van der Waals surface area contributed by atoms with Crippen molar-refractivity contribution >= 4 is 17.4 Å². The van der Waals surface area contributed by atoms with Gasteiger partial charge in [0.25, 0.3) is 0 Å². The molecule has 0 aliphatic heterocycles. The summed E-state index contributed by atoms with van der Waals surface area (Å²) >= 11 is 0. The van der Waals surface area contributed by atoms with E-state index in [1.165, 1.54) is 20.1 Å². The molecular formula is C18H18N2O4. The van der Waals surface area contributed by atoms with E-state index in [9.17, 15) is 15.0 Å². The number of amidine groups is 1. The first-order valence-corrected chi connectivity index (χ1v) is 7.11. The predicted octanol–water partition coefficient (Wildman–Crippen LogP) is 2.59. The van der Waals surface area contributed by atoms with Crippen molar-refractivity contribution in [2.24, 2.45) is 5.73 Å². The fourth-order valence-electron chi connectivity index (χ4n) is 2.35. The van der Waals surface area contributed by atoms with Crippen molar-refractivity contribution in [3.63, 3.8) is 0 Å². The minimum absolute atomic E-state index is 0.0747. The van der Waals surface area contributed by atoms with E-state index in [0.29, 0.717) is 28.0 Å². The second-order valence-electron chi connectivity index (χ2n) is 5.18. The molecule has 2 aromatic rings. The molecule has 6 heteroatoms. The first-order valence-electron chi connectivity index (χ1n) is 7.11. The zero-order valence-electron chi connectivity index (χ0n) is 13.3. The van der Waals surface area contributed by atoms with Crippen molar-refractivity contribution in [2.45, 2.75) is 6.92 Å². The lowest BCUT2D eigenvalue weighted by Crippen LogP contribution is -2.10. The zero-order chi connectivity index (χ0) is 17.9. The fraction of sp³-hybridized carbons (Fsp3) is 0.111. The maximum atomic E-state index is 11.5. The van der Waals surface area contributed by atoms with Gasteiger partial charge < -0.3 is 20.7 Å². The molecule has 0 atom stereocenters. The van der Waals surface area contributed by atoms with Crippen molar-refractivity contribution < 1.29 is 19.7 Å². The van der Waals surface area contributed by atoms with Gasteiger partial charge in [0.1, 0.15) is 17.3 Å². The highest BCUT2D eigenvalue weighted by molar-refractivity contribution is 6.02. The number of carboxylic acids is 1. The van der Waals surface area contributed by atoms with E-state index in [1.807, 2.05) is 0 Å². The van der Waals surface area contributed by atoms with Gasteiger partial charge in [0.2, 0.25) is 0 Å². The predicted molar refractivity (Wildman–Crippen MR) is 91.4 cm³/mol. The quantitative estimate of drug-likeness (QED) is 0.383. The van der Waals surface area contributed by atoms with Crippen LogP contribution >= 0.6 is 0 Å². The lowest BCUT2D eigenvalue weighted by atomic mass is 9.92. The van der Waals surface area contributed by atoms with Crippen LogP contribution in [-0.4, -0.2) is 29.1 Å². The topological polar surface area (TPSA) is 117 Å². The third-order valence-corrected chi connectivity index (χ3v) is 3.65. The van der Waals surface area contributed by atoms with Gasteiger partial charge in [0.15, 0.2) is 0 Å². The number of aromatic hydroxyl groups is 1. The highest BCUT2D eigenvalue weighted by Gasteiger charge is 2.17. The van der Waals surface area contributed by atoms with Crippen LogP contribution in [0.15, 0.2) is 48.0 Å². The number of aliphatic carboxylic acids is 1. The van der Waals surface area contributed by atoms with E-state index in [0.717, 1.165) is 0 Å². The number of rotatable bonds is 5. The van der Waals surface area contributed by atoms with Crippen molar-refractivity contribution in [2.75, 3.05) is 7.11 Å². The number of nitrogens with one attached hydrogen (secondary N) is 1. The van der Waals surface area contributed by atoms with E-state index < -0.39 is 5.97 Å². The van der Waals surface area contributed by atoms with Crippen LogP contribution in [0.5, 0.6) is 11.5 Å². The number of phenols is 1. The van der Waals surface area contributed by atoms with E-state index >= 15 is 0 Å². The van der Waals surface area contributed by atoms with Crippen LogP contribution in [0.1, 0.15) is 23.6 Å². The monoisotopic (exact) mass is 326 g/mol. The first-order chi connectivity index (χ1) is 11.3. The maximum absolute atomic E-state index is 11.5. The summed E-state index contributed by atoms with van der Waals surface area (Å²) in [5.41, 5.74) is 7.42. The molecule has 0 spiro atoms. The molecule has 2 aromatic carbocycles. The van der Waals surface area contributed by atoms with Crippen LogP contribution in [0.2, 0.25) is 0 Å². The number of phenolic OH excluding ortho intramolecular Hbond substituents is 1. The number of carboxylic acid groups (broad SMARTS) is 1. The highest BCUT2D eigenvalue weighted by Crippen LogP contribution is 2.35. The van der Waals surface area contributed by atoms with Crippen LogP contribution in [0.25, 0.3) is 5.57 Å². The largest absolute Gasteiger partial charge is 0.507 e. The van der Waals surface area contributed by atoms with Crippen molar-refractivity contribution in [3.8, 4) is 11.5 Å². The van der Waals surface area contributed by atoms with Gasteiger partial charge in [-0.3, -0.25) is 5.41 Å². The third kappa shape index (κ3) is 3.38. The Labute approximate surface area is 139 Å². The molecule has 0 saturated carbocycles. The number of nitrogens with two attached hydrogens (primary N) is 1. The van der Waals surface area contributed by atoms with E-state index in [4.69, 9.17) is 15.9 Å². The van der Waals surface area contributed by atoms with Gasteiger partial charge in [-0.1, -0.05) is 24.3 Å². The van der Waals surface area contributed by atoms with Crippen molar-refractivity contribution in [1.29, 1.82) is 5.41 Å². The number of nitrogen functional groups attached to an aromatic ring is 1. The summed E-state index contributed by atoms with van der Waals surface area (Å²) in [6.07, 6.45) is 0. The van der Waals surface area contributed by atoms with Crippen LogP contribution < -0.4 is 10.5 Å². The Bertz CT molecular complexity index is 823. The molecule has 2 rings (SSSR count). The summed E-state index contributed by atoms with van der Waals surface area (Å²) in [5.74, 6) is -0.777. The molecule has 5 N–H and O–H groups in total. The second-order valence-corrected chi connectivity index (χ2v) is 5.18. The number of benzene rings is 2. The first kappa shape index (κ1) is 17.1. The molecule has 6 nitrogen and oxygen atoms in total. The fourth-order valence-corrected chi connectivity index (χ4v) is 2.35. The van der Waals surface area contributed by atoms with Gasteiger partial charge in [-0.15, -0.1) is 0 Å². The van der Waals surface area contributed by atoms with E-state index in [-0.39, 0.29) is 17.2 Å². The van der Waals surface area contributed by atoms with Gasteiger partial charge in [-0.25, -0.2) is 4.79 Å². The van der Waals surface area contributed by atoms with Crippen LogP contribution in [0.4, 0.5) is 0 Å². The molecule has 0 amide bonds. The molecule has 0 saturated heterocycles. The Morgan fingerprint density at radius 2 is 1.71 bits per heavy atom. The lowest BCUT2D eigenvalue weighted by molar-refractivity contribution is -0.132. The maximum Gasteiger partial charge on any atom is 0.331 e. The second kappa shape index (κ2) is 6.87. The van der Waals surface area contributed by atoms with Crippen molar-refractivity contribution in [1.82, 2.24) is 0 Å². The van der Waals surface area contributed by atoms with Gasteiger partial charge in [-0.2, -0.15) is 0 Å². The number of carbonyl (C=O) groups is 1. The number of methoxy groups -OCH3 is 1. The van der Waals surface area contributed by atoms with Gasteiger partial charge >= 0.3 is 5.97 Å². The van der Waals surface area contributed by atoms with Gasteiger partial charge in [0, 0.05) is 28.3 Å². The Morgan fingerprint density at radius 1 is 1.12 bits per heavy atom. The molecule has 0 aromatic heterocycles. The van der Waals surface area contributed by atoms with Crippen LogP contribution in [0, 0.1) is 5.41 Å². The van der Waals surface area contributed by atoms with Crippen LogP contribution in [0.3, 0.4) is 0 Å². The Morgan fingerprint density at radius 3 is 2.17 bits per heavy atom. The molecule has 0 aliphatic rings. The van der Waals surface area contributed by atoms with E-state index in [2.05, 4.69) is 0 Å². The highest BCUT2D eigenvalue weighted by atomic mass is 16.5. The minimum atomic E-state index is -1.09. The lowest BCUT2D eigenvalue weighted by Gasteiger charge is -2.14. The Balaban J connectivity index is 2.65. The average molecular weight is 326 g/mol. The average Bonchev–Trinajstić information content (AvgIpc) is 2.56. The SMILES string of the molecule is COc1ccc(C(=C(C)C(=O)O)c2ccc(C(=N)N)cc2)c(O)c1. The zero-order valence-corrected chi connectivity index (χ0v) is 13.3. The summed E-state index contributed by atoms with van der Waals surface area (Å²) in [7, 11) is 1.48. The summed E-state index contributed by atoms with van der Waals surface area (Å²) in [6, 6.07) is 11.3. The number of hydrogen-bond donors (Lipinski definition) is 4. The number of hydrogen-bond acceptors (Lipinski definition) is 4. The standard InChI is InChI=1S/C18H18N2O4/c1-10(18(22)23)16(11-3-5-12(6-4-11)17(19)20)14-8-7-13(24-2)9-15(14)21/h3-9,21H,1-2H3,(H3,19,20)(H,22,23). The van der Waals surface area contributed by atoms with Gasteiger partial charge in [-0.05, 0) is 24.6 Å².